The van der Waals surface area contributed by atoms with Gasteiger partial charge in [-0.15, -0.1) is 0 Å². The SMILES string of the molecule is C[C@H](Oc1cc(-c2cc(Nc3cc(C(F)F)on3)n[nH]2)ccc1NS(=O)(=O)C(F)F)c1ccc(F)cc1. The summed E-state index contributed by atoms with van der Waals surface area (Å²) in [5, 5.41) is 12.8. The Morgan fingerprint density at radius 2 is 1.73 bits per heavy atom. The van der Waals surface area contributed by atoms with Crippen molar-refractivity contribution in [1.29, 1.82) is 0 Å². The predicted octanol–water partition coefficient (Wildman–Crippen LogP) is 5.99. The molecule has 2 aromatic heterocycles. The number of rotatable bonds is 10. The van der Waals surface area contributed by atoms with Crippen molar-refractivity contribution < 1.29 is 39.6 Å². The Labute approximate surface area is 206 Å². The fourth-order valence-corrected chi connectivity index (χ4v) is 3.74. The van der Waals surface area contributed by atoms with Gasteiger partial charge < -0.3 is 14.6 Å². The number of hydrogen-bond donors (Lipinski definition) is 3. The summed E-state index contributed by atoms with van der Waals surface area (Å²) >= 11 is 0. The Kier molecular flexibility index (Phi) is 7.33. The zero-order chi connectivity index (χ0) is 26.7. The smallest absolute Gasteiger partial charge is 0.355 e. The van der Waals surface area contributed by atoms with Gasteiger partial charge in [0.2, 0.25) is 5.76 Å². The maximum atomic E-state index is 13.3. The lowest BCUT2D eigenvalue weighted by Gasteiger charge is -2.19. The predicted molar refractivity (Wildman–Crippen MR) is 123 cm³/mol. The Bertz CT molecular complexity index is 1470. The first-order chi connectivity index (χ1) is 17.5. The molecule has 2 aromatic carbocycles. The minimum atomic E-state index is -5.00. The van der Waals surface area contributed by atoms with E-state index < -0.39 is 39.9 Å². The zero-order valence-electron chi connectivity index (χ0n) is 18.8. The quantitative estimate of drug-likeness (QED) is 0.210. The molecule has 0 saturated heterocycles. The molecule has 0 aliphatic rings. The van der Waals surface area contributed by atoms with Crippen LogP contribution < -0.4 is 14.8 Å². The number of nitrogens with zero attached hydrogens (tertiary/aromatic N) is 2. The Hall–Kier alpha value is -4.14. The number of sulfonamides is 1. The van der Waals surface area contributed by atoms with Gasteiger partial charge in [0, 0.05) is 17.7 Å². The molecule has 0 amide bonds. The summed E-state index contributed by atoms with van der Waals surface area (Å²) in [6.45, 7) is 1.61. The van der Waals surface area contributed by atoms with Crippen molar-refractivity contribution in [2.24, 2.45) is 0 Å². The molecule has 15 heteroatoms. The van der Waals surface area contributed by atoms with Gasteiger partial charge in [-0.25, -0.2) is 21.6 Å². The first-order valence-corrected chi connectivity index (χ1v) is 12.0. The Morgan fingerprint density at radius 1 is 1.00 bits per heavy atom. The summed E-state index contributed by atoms with van der Waals surface area (Å²) < 4.78 is 100. The molecule has 37 heavy (non-hydrogen) atoms. The summed E-state index contributed by atoms with van der Waals surface area (Å²) in [5.41, 5.74) is 1.08. The lowest BCUT2D eigenvalue weighted by Crippen LogP contribution is -2.21. The highest BCUT2D eigenvalue weighted by Crippen LogP contribution is 2.35. The summed E-state index contributed by atoms with van der Waals surface area (Å²) in [4.78, 5) is 0. The Balaban J connectivity index is 1.62. The van der Waals surface area contributed by atoms with Crippen LogP contribution in [-0.2, 0) is 10.0 Å². The summed E-state index contributed by atoms with van der Waals surface area (Å²) in [6.07, 6.45) is -3.56. The molecule has 4 rings (SSSR count). The van der Waals surface area contributed by atoms with E-state index in [9.17, 15) is 30.4 Å². The molecule has 0 aliphatic heterocycles. The van der Waals surface area contributed by atoms with Gasteiger partial charge >= 0.3 is 5.76 Å². The molecule has 2 heterocycles. The van der Waals surface area contributed by atoms with Crippen molar-refractivity contribution in [3.8, 4) is 17.0 Å². The minimum absolute atomic E-state index is 0.0118. The third kappa shape index (κ3) is 6.17. The number of ether oxygens (including phenoxy) is 1. The van der Waals surface area contributed by atoms with E-state index in [2.05, 4.69) is 25.2 Å². The first kappa shape index (κ1) is 25.9. The number of alkyl halides is 4. The van der Waals surface area contributed by atoms with Gasteiger partial charge in [0.15, 0.2) is 11.6 Å². The molecular formula is C22H18F5N5O4S. The number of hydrogen-bond acceptors (Lipinski definition) is 7. The minimum Gasteiger partial charge on any atom is -0.484 e. The number of anilines is 3. The third-order valence-corrected chi connectivity index (χ3v) is 5.97. The number of benzene rings is 2. The highest BCUT2D eigenvalue weighted by atomic mass is 32.2. The average molecular weight is 543 g/mol. The van der Waals surface area contributed by atoms with Crippen LogP contribution in [0.1, 0.15) is 30.8 Å². The molecule has 0 unspecified atom stereocenters. The van der Waals surface area contributed by atoms with Crippen molar-refractivity contribution in [3.05, 3.63) is 71.7 Å². The molecule has 4 aromatic rings. The number of aromatic nitrogens is 3. The van der Waals surface area contributed by atoms with Crippen LogP contribution in [0.5, 0.6) is 5.75 Å². The van der Waals surface area contributed by atoms with Crippen LogP contribution in [0.2, 0.25) is 0 Å². The fraction of sp³-hybridized carbons (Fsp3) is 0.182. The highest BCUT2D eigenvalue weighted by molar-refractivity contribution is 7.93. The van der Waals surface area contributed by atoms with E-state index >= 15 is 0 Å². The van der Waals surface area contributed by atoms with E-state index in [1.807, 2.05) is 0 Å². The second kappa shape index (κ2) is 10.5. The van der Waals surface area contributed by atoms with Crippen LogP contribution in [0.3, 0.4) is 0 Å². The van der Waals surface area contributed by atoms with Gasteiger partial charge in [-0.1, -0.05) is 23.4 Å². The number of halogens is 5. The van der Waals surface area contributed by atoms with E-state index in [4.69, 9.17) is 4.74 Å². The van der Waals surface area contributed by atoms with E-state index in [0.29, 0.717) is 16.8 Å². The van der Waals surface area contributed by atoms with Crippen LogP contribution >= 0.6 is 0 Å². The summed E-state index contributed by atoms with van der Waals surface area (Å²) in [6, 6.07) is 11.9. The number of nitrogens with one attached hydrogen (secondary N) is 3. The van der Waals surface area contributed by atoms with Gasteiger partial charge in [0.1, 0.15) is 17.7 Å². The van der Waals surface area contributed by atoms with Gasteiger partial charge in [0.25, 0.3) is 16.4 Å². The molecule has 0 radical (unpaired) electrons. The van der Waals surface area contributed by atoms with Crippen molar-refractivity contribution >= 4 is 27.3 Å². The monoisotopic (exact) mass is 543 g/mol. The largest absolute Gasteiger partial charge is 0.484 e. The molecule has 0 aliphatic carbocycles. The standard InChI is InChI=1S/C22H18F5N5O4S/c1-11(12-2-5-14(23)6-3-12)35-17-8-13(4-7-15(17)32-37(33,34)22(26)27)16-9-19(30-29-16)28-20-10-18(21(24)25)36-31-20/h2-11,21-22,32H,1H3,(H2,28,29,30,31)/t11-/m0/s1. The maximum Gasteiger partial charge on any atom is 0.355 e. The van der Waals surface area contributed by atoms with Gasteiger partial charge in [-0.05, 0) is 36.8 Å². The van der Waals surface area contributed by atoms with E-state index in [1.54, 1.807) is 11.6 Å². The van der Waals surface area contributed by atoms with Crippen molar-refractivity contribution in [2.75, 3.05) is 10.0 Å². The number of aromatic amines is 1. The Morgan fingerprint density at radius 3 is 2.38 bits per heavy atom. The fourth-order valence-electron chi connectivity index (χ4n) is 3.18. The summed E-state index contributed by atoms with van der Waals surface area (Å²) in [5.74, 6) is -4.70. The first-order valence-electron chi connectivity index (χ1n) is 10.5. The van der Waals surface area contributed by atoms with Gasteiger partial charge in [-0.3, -0.25) is 9.82 Å². The van der Waals surface area contributed by atoms with Crippen LogP contribution in [0.15, 0.2) is 59.1 Å². The molecule has 0 fully saturated rings. The molecule has 0 saturated carbocycles. The molecule has 9 nitrogen and oxygen atoms in total. The molecule has 196 valence electrons. The van der Waals surface area contributed by atoms with Gasteiger partial charge in [-0.2, -0.15) is 13.9 Å². The topological polar surface area (TPSA) is 122 Å². The van der Waals surface area contributed by atoms with Crippen molar-refractivity contribution in [2.45, 2.75) is 25.2 Å². The van der Waals surface area contributed by atoms with E-state index in [0.717, 1.165) is 6.07 Å². The third-order valence-electron chi connectivity index (χ3n) is 5.00. The number of H-pyrrole nitrogens is 1. The molecule has 1 atom stereocenters. The van der Waals surface area contributed by atoms with Crippen LogP contribution in [0.4, 0.5) is 39.3 Å². The zero-order valence-corrected chi connectivity index (χ0v) is 19.6. The molecule has 0 bridgehead atoms. The summed E-state index contributed by atoms with van der Waals surface area (Å²) in [7, 11) is -5.00. The second-order valence-corrected chi connectivity index (χ2v) is 9.29. The van der Waals surface area contributed by atoms with Crippen LogP contribution in [0.25, 0.3) is 11.3 Å². The van der Waals surface area contributed by atoms with Crippen LogP contribution in [0, 0.1) is 5.82 Å². The average Bonchev–Trinajstić information content (AvgIpc) is 3.51. The molecule has 0 spiro atoms. The van der Waals surface area contributed by atoms with Crippen molar-refractivity contribution in [3.63, 3.8) is 0 Å². The van der Waals surface area contributed by atoms with Crippen LogP contribution in [-0.4, -0.2) is 29.5 Å². The maximum absolute atomic E-state index is 13.3. The van der Waals surface area contributed by atoms with E-state index in [1.165, 1.54) is 48.5 Å². The van der Waals surface area contributed by atoms with Crippen molar-refractivity contribution in [1.82, 2.24) is 15.4 Å². The van der Waals surface area contributed by atoms with Gasteiger partial charge in [0.05, 0.1) is 11.4 Å². The normalized spacial score (nSPS) is 12.6. The van der Waals surface area contributed by atoms with E-state index in [-0.39, 0.29) is 23.1 Å². The highest BCUT2D eigenvalue weighted by Gasteiger charge is 2.26. The molecular weight excluding hydrogens is 525 g/mol. The second-order valence-electron chi connectivity index (χ2n) is 7.64. The molecule has 3 N–H and O–H groups in total. The lowest BCUT2D eigenvalue weighted by atomic mass is 10.1. The lowest BCUT2D eigenvalue weighted by molar-refractivity contribution is 0.112.